The van der Waals surface area contributed by atoms with Crippen LogP contribution in [0.15, 0.2) is 4.47 Å². The van der Waals surface area contributed by atoms with Gasteiger partial charge in [0.1, 0.15) is 0 Å². The zero-order valence-electron chi connectivity index (χ0n) is 11.3. The maximum Gasteiger partial charge on any atom is 0.307 e. The largest absolute Gasteiger partial charge is 0.481 e. The minimum Gasteiger partial charge on any atom is -0.481 e. The molecular formula is C12H20BrN3O2. The van der Waals surface area contributed by atoms with E-state index in [9.17, 15) is 4.79 Å². The molecule has 1 unspecified atom stereocenters. The molecule has 0 bridgehead atoms. The molecule has 0 spiro atoms. The van der Waals surface area contributed by atoms with Crippen molar-refractivity contribution in [3.05, 3.63) is 15.9 Å². The van der Waals surface area contributed by atoms with Crippen molar-refractivity contribution in [3.8, 4) is 0 Å². The van der Waals surface area contributed by atoms with E-state index in [1.165, 1.54) is 0 Å². The van der Waals surface area contributed by atoms with E-state index in [2.05, 4.69) is 28.0 Å². The predicted molar refractivity (Wildman–Crippen MR) is 73.4 cm³/mol. The number of rotatable bonds is 6. The summed E-state index contributed by atoms with van der Waals surface area (Å²) in [7, 11) is 3.83. The zero-order valence-corrected chi connectivity index (χ0v) is 12.9. The van der Waals surface area contributed by atoms with Crippen molar-refractivity contribution in [2.75, 3.05) is 13.6 Å². The topological polar surface area (TPSA) is 58.4 Å². The molecule has 1 aromatic rings. The molecule has 5 nitrogen and oxygen atoms in total. The lowest BCUT2D eigenvalue weighted by Gasteiger charge is -2.19. The first kappa shape index (κ1) is 15.2. The number of nitrogens with zero attached hydrogens (tertiary/aromatic N) is 3. The van der Waals surface area contributed by atoms with Crippen molar-refractivity contribution in [2.45, 2.75) is 26.8 Å². The standard InChI is InChI=1S/C12H20BrN3O2/c1-5-9-11(13)10(16(4)14-9)7-15(3)6-8(2)12(17)18/h8H,5-7H2,1-4H3,(H,17,18). The lowest BCUT2D eigenvalue weighted by molar-refractivity contribution is -0.141. The van der Waals surface area contributed by atoms with E-state index in [4.69, 9.17) is 5.11 Å². The first-order valence-corrected chi connectivity index (χ1v) is 6.77. The van der Waals surface area contributed by atoms with Gasteiger partial charge in [-0.25, -0.2) is 0 Å². The Hall–Kier alpha value is -0.880. The molecule has 1 heterocycles. The summed E-state index contributed by atoms with van der Waals surface area (Å²) in [5.41, 5.74) is 2.11. The number of hydrogen-bond acceptors (Lipinski definition) is 3. The van der Waals surface area contributed by atoms with Crippen LogP contribution in [-0.4, -0.2) is 39.3 Å². The van der Waals surface area contributed by atoms with Crippen molar-refractivity contribution >= 4 is 21.9 Å². The molecule has 0 saturated heterocycles. The summed E-state index contributed by atoms with van der Waals surface area (Å²) < 4.78 is 2.88. The summed E-state index contributed by atoms with van der Waals surface area (Å²) in [6.45, 7) is 4.98. The Balaban J connectivity index is 2.73. The monoisotopic (exact) mass is 317 g/mol. The van der Waals surface area contributed by atoms with Gasteiger partial charge in [0, 0.05) is 20.1 Å². The van der Waals surface area contributed by atoms with E-state index in [0.29, 0.717) is 13.1 Å². The fourth-order valence-electron chi connectivity index (χ4n) is 1.86. The molecule has 1 rings (SSSR count). The molecule has 0 aliphatic heterocycles. The van der Waals surface area contributed by atoms with E-state index >= 15 is 0 Å². The van der Waals surface area contributed by atoms with Gasteiger partial charge in [0.25, 0.3) is 0 Å². The third-order valence-electron chi connectivity index (χ3n) is 2.93. The van der Waals surface area contributed by atoms with Gasteiger partial charge < -0.3 is 5.11 Å². The van der Waals surface area contributed by atoms with Crippen molar-refractivity contribution in [3.63, 3.8) is 0 Å². The van der Waals surface area contributed by atoms with Gasteiger partial charge in [-0.05, 0) is 29.4 Å². The lowest BCUT2D eigenvalue weighted by Crippen LogP contribution is -2.29. The van der Waals surface area contributed by atoms with Gasteiger partial charge in [0.2, 0.25) is 0 Å². The van der Waals surface area contributed by atoms with E-state index in [1.54, 1.807) is 6.92 Å². The Morgan fingerprint density at radius 2 is 2.22 bits per heavy atom. The molecular weight excluding hydrogens is 298 g/mol. The van der Waals surface area contributed by atoms with Gasteiger partial charge in [-0.15, -0.1) is 0 Å². The van der Waals surface area contributed by atoms with Gasteiger partial charge in [-0.3, -0.25) is 14.4 Å². The zero-order chi connectivity index (χ0) is 13.9. The van der Waals surface area contributed by atoms with Gasteiger partial charge in [0.05, 0.1) is 21.8 Å². The average molecular weight is 318 g/mol. The smallest absolute Gasteiger partial charge is 0.307 e. The highest BCUT2D eigenvalue weighted by molar-refractivity contribution is 9.10. The van der Waals surface area contributed by atoms with Crippen molar-refractivity contribution in [1.82, 2.24) is 14.7 Å². The molecule has 18 heavy (non-hydrogen) atoms. The SMILES string of the molecule is CCc1nn(C)c(CN(C)CC(C)C(=O)O)c1Br. The molecule has 1 N–H and O–H groups in total. The first-order chi connectivity index (χ1) is 8.36. The van der Waals surface area contributed by atoms with Crippen LogP contribution in [0.3, 0.4) is 0 Å². The van der Waals surface area contributed by atoms with Crippen LogP contribution < -0.4 is 0 Å². The highest BCUT2D eigenvalue weighted by Crippen LogP contribution is 2.22. The highest BCUT2D eigenvalue weighted by atomic mass is 79.9. The molecule has 0 amide bonds. The van der Waals surface area contributed by atoms with E-state index < -0.39 is 5.97 Å². The van der Waals surface area contributed by atoms with Crippen LogP contribution in [0.5, 0.6) is 0 Å². The van der Waals surface area contributed by atoms with Gasteiger partial charge in [-0.2, -0.15) is 5.10 Å². The van der Waals surface area contributed by atoms with Crippen molar-refractivity contribution < 1.29 is 9.90 Å². The minimum atomic E-state index is -0.764. The third kappa shape index (κ3) is 3.55. The van der Waals surface area contributed by atoms with E-state index in [-0.39, 0.29) is 5.92 Å². The summed E-state index contributed by atoms with van der Waals surface area (Å²) in [6.07, 6.45) is 0.879. The van der Waals surface area contributed by atoms with Crippen LogP contribution in [-0.2, 0) is 24.8 Å². The van der Waals surface area contributed by atoms with Gasteiger partial charge >= 0.3 is 5.97 Å². The number of carbonyl (C=O) groups is 1. The van der Waals surface area contributed by atoms with E-state index in [1.807, 2.05) is 23.7 Å². The first-order valence-electron chi connectivity index (χ1n) is 5.98. The number of aryl methyl sites for hydroxylation is 2. The lowest BCUT2D eigenvalue weighted by atomic mass is 10.2. The Morgan fingerprint density at radius 3 is 2.67 bits per heavy atom. The second-order valence-corrected chi connectivity index (χ2v) is 5.41. The molecule has 0 fully saturated rings. The van der Waals surface area contributed by atoms with E-state index in [0.717, 1.165) is 22.3 Å². The molecule has 102 valence electrons. The number of carboxylic acids is 1. The average Bonchev–Trinajstić information content (AvgIpc) is 2.56. The van der Waals surface area contributed by atoms with Crippen LogP contribution in [0, 0.1) is 5.92 Å². The normalized spacial score (nSPS) is 13.0. The van der Waals surface area contributed by atoms with Gasteiger partial charge in [-0.1, -0.05) is 13.8 Å². The Morgan fingerprint density at radius 1 is 1.61 bits per heavy atom. The van der Waals surface area contributed by atoms with Crippen LogP contribution in [0.25, 0.3) is 0 Å². The second kappa shape index (κ2) is 6.33. The van der Waals surface area contributed by atoms with Crippen LogP contribution in [0.1, 0.15) is 25.2 Å². The maximum absolute atomic E-state index is 10.8. The number of hydrogen-bond donors (Lipinski definition) is 1. The second-order valence-electron chi connectivity index (χ2n) is 4.62. The molecule has 0 aromatic carbocycles. The van der Waals surface area contributed by atoms with Crippen LogP contribution >= 0.6 is 15.9 Å². The molecule has 0 aliphatic carbocycles. The summed E-state index contributed by atoms with van der Waals surface area (Å²) in [5, 5.41) is 13.3. The summed E-state index contributed by atoms with van der Waals surface area (Å²) in [6, 6.07) is 0. The number of aliphatic carboxylic acids is 1. The molecule has 0 saturated carbocycles. The summed E-state index contributed by atoms with van der Waals surface area (Å²) in [5.74, 6) is -1.13. The number of aromatic nitrogens is 2. The summed E-state index contributed by atoms with van der Waals surface area (Å²) >= 11 is 3.56. The predicted octanol–water partition coefficient (Wildman–Crippen LogP) is 1.90. The fraction of sp³-hybridized carbons (Fsp3) is 0.667. The summed E-state index contributed by atoms with van der Waals surface area (Å²) in [4.78, 5) is 12.8. The Labute approximate surface area is 116 Å². The van der Waals surface area contributed by atoms with Crippen molar-refractivity contribution in [1.29, 1.82) is 0 Å². The molecule has 1 aromatic heterocycles. The fourth-order valence-corrected chi connectivity index (χ4v) is 2.60. The van der Waals surface area contributed by atoms with Gasteiger partial charge in [0.15, 0.2) is 0 Å². The highest BCUT2D eigenvalue weighted by Gasteiger charge is 2.17. The minimum absolute atomic E-state index is 0.368. The molecule has 6 heteroatoms. The third-order valence-corrected chi connectivity index (χ3v) is 3.85. The maximum atomic E-state index is 10.8. The van der Waals surface area contributed by atoms with Crippen LogP contribution in [0.4, 0.5) is 0 Å². The molecule has 0 radical (unpaired) electrons. The van der Waals surface area contributed by atoms with Crippen LogP contribution in [0.2, 0.25) is 0 Å². The molecule has 1 atom stereocenters. The Bertz CT molecular complexity index is 431. The number of carboxylic acid groups (broad SMARTS) is 1. The Kier molecular flexibility index (Phi) is 5.34. The molecule has 0 aliphatic rings. The number of halogens is 1. The van der Waals surface area contributed by atoms with Crippen molar-refractivity contribution in [2.24, 2.45) is 13.0 Å². The quantitative estimate of drug-likeness (QED) is 0.870.